The molecule has 0 aromatic rings. The second-order valence-electron chi connectivity index (χ2n) is 3.00. The fraction of sp³-hybridized carbons (Fsp3) is 1.00. The molecule has 68 valence electrons. The minimum absolute atomic E-state index is 0.467. The van der Waals surface area contributed by atoms with E-state index in [-0.39, 0.29) is 0 Å². The van der Waals surface area contributed by atoms with Crippen LogP contribution in [0.2, 0.25) is 0 Å². The largest absolute Gasteiger partial charge is 0.148 e. The van der Waals surface area contributed by atoms with E-state index in [0.29, 0.717) is 4.08 Å². The summed E-state index contributed by atoms with van der Waals surface area (Å²) in [4.78, 5) is 0. The summed E-state index contributed by atoms with van der Waals surface area (Å²) in [5.74, 6) is 0. The first-order valence-corrected chi connectivity index (χ1v) is 6.73. The van der Waals surface area contributed by atoms with E-state index in [1.165, 1.54) is 25.7 Å². The van der Waals surface area contributed by atoms with E-state index >= 15 is 0 Å². The van der Waals surface area contributed by atoms with Crippen LogP contribution < -0.4 is 0 Å². The van der Waals surface area contributed by atoms with Gasteiger partial charge in [0.1, 0.15) is 0 Å². The highest BCUT2D eigenvalue weighted by Gasteiger charge is 2.19. The van der Waals surface area contributed by atoms with Crippen LogP contribution in [0.15, 0.2) is 0 Å². The molecule has 0 aliphatic heterocycles. The predicted octanol–water partition coefficient (Wildman–Crippen LogP) is 4.01. The number of unbranched alkanes of at least 4 members (excludes halogenated alkanes) is 2. The second kappa shape index (κ2) is 6.24. The number of thioether (sulfide) groups is 2. The summed E-state index contributed by atoms with van der Waals surface area (Å²) in [6, 6.07) is 0. The lowest BCUT2D eigenvalue weighted by Gasteiger charge is -2.24. The van der Waals surface area contributed by atoms with Crippen molar-refractivity contribution in [2.75, 3.05) is 12.5 Å². The molecule has 0 aromatic carbocycles. The van der Waals surface area contributed by atoms with Crippen molar-refractivity contribution in [3.8, 4) is 0 Å². The average Bonchev–Trinajstić information content (AvgIpc) is 2.05. The second-order valence-corrected chi connectivity index (χ2v) is 5.88. The molecule has 0 N–H and O–H groups in total. The molecule has 0 amide bonds. The molecular weight excluding hydrogens is 172 g/mol. The van der Waals surface area contributed by atoms with Gasteiger partial charge >= 0.3 is 0 Å². The summed E-state index contributed by atoms with van der Waals surface area (Å²) < 4.78 is 0.467. The van der Waals surface area contributed by atoms with Crippen LogP contribution in [-0.4, -0.2) is 16.6 Å². The van der Waals surface area contributed by atoms with Crippen LogP contribution in [0.1, 0.15) is 39.5 Å². The Morgan fingerprint density at radius 1 is 1.09 bits per heavy atom. The molecule has 0 atom stereocenters. The zero-order valence-corrected chi connectivity index (χ0v) is 9.78. The summed E-state index contributed by atoms with van der Waals surface area (Å²) in [6.07, 6.45) is 9.87. The Labute approximate surface area is 79.9 Å². The molecule has 0 radical (unpaired) electrons. The third-order valence-electron chi connectivity index (χ3n) is 2.10. The molecule has 0 aliphatic carbocycles. The topological polar surface area (TPSA) is 0 Å². The first-order chi connectivity index (χ1) is 5.18. The standard InChI is InChI=1S/C9H20S2/c1-5-6-7-8-9(2,10-3)11-4/h5-8H2,1-4H3. The maximum atomic E-state index is 2.35. The Bertz CT molecular complexity index is 87.6. The predicted molar refractivity (Wildman–Crippen MR) is 59.6 cm³/mol. The minimum Gasteiger partial charge on any atom is -0.148 e. The Hall–Kier alpha value is 0.700. The van der Waals surface area contributed by atoms with Gasteiger partial charge in [0.25, 0.3) is 0 Å². The van der Waals surface area contributed by atoms with Gasteiger partial charge in [-0.3, -0.25) is 0 Å². The monoisotopic (exact) mass is 192 g/mol. The molecule has 2 heteroatoms. The van der Waals surface area contributed by atoms with Crippen molar-refractivity contribution in [3.05, 3.63) is 0 Å². The van der Waals surface area contributed by atoms with Crippen molar-refractivity contribution in [1.29, 1.82) is 0 Å². The van der Waals surface area contributed by atoms with Crippen molar-refractivity contribution >= 4 is 23.5 Å². The van der Waals surface area contributed by atoms with E-state index in [1.54, 1.807) is 0 Å². The highest BCUT2D eigenvalue weighted by molar-refractivity contribution is 8.17. The van der Waals surface area contributed by atoms with Gasteiger partial charge in [0.05, 0.1) is 4.08 Å². The number of rotatable bonds is 6. The van der Waals surface area contributed by atoms with Gasteiger partial charge in [0.15, 0.2) is 0 Å². The van der Waals surface area contributed by atoms with Crippen LogP contribution >= 0.6 is 23.5 Å². The van der Waals surface area contributed by atoms with E-state index in [9.17, 15) is 0 Å². The van der Waals surface area contributed by atoms with Crippen molar-refractivity contribution in [2.24, 2.45) is 0 Å². The summed E-state index contributed by atoms with van der Waals surface area (Å²) >= 11 is 3.97. The Balaban J connectivity index is 3.51. The van der Waals surface area contributed by atoms with E-state index in [1.807, 2.05) is 23.5 Å². The SMILES string of the molecule is CCCCCC(C)(SC)SC. The molecule has 0 aliphatic rings. The lowest BCUT2D eigenvalue weighted by molar-refractivity contribution is 0.645. The molecule has 0 nitrogen and oxygen atoms in total. The highest BCUT2D eigenvalue weighted by Crippen LogP contribution is 2.37. The van der Waals surface area contributed by atoms with Crippen molar-refractivity contribution in [1.82, 2.24) is 0 Å². The van der Waals surface area contributed by atoms with Gasteiger partial charge in [-0.1, -0.05) is 26.2 Å². The Kier molecular flexibility index (Phi) is 6.64. The fourth-order valence-electron chi connectivity index (χ4n) is 0.984. The van der Waals surface area contributed by atoms with Crippen LogP contribution in [0.4, 0.5) is 0 Å². The summed E-state index contributed by atoms with van der Waals surface area (Å²) in [7, 11) is 0. The van der Waals surface area contributed by atoms with Crippen molar-refractivity contribution in [2.45, 2.75) is 43.6 Å². The van der Waals surface area contributed by atoms with Crippen LogP contribution in [-0.2, 0) is 0 Å². The zero-order valence-electron chi connectivity index (χ0n) is 8.14. The molecule has 0 spiro atoms. The molecule has 11 heavy (non-hydrogen) atoms. The molecule has 0 unspecified atom stereocenters. The maximum Gasteiger partial charge on any atom is 0.0577 e. The minimum atomic E-state index is 0.467. The van der Waals surface area contributed by atoms with Crippen LogP contribution in [0.3, 0.4) is 0 Å². The van der Waals surface area contributed by atoms with Gasteiger partial charge in [0, 0.05) is 0 Å². The molecular formula is C9H20S2. The quantitative estimate of drug-likeness (QED) is 0.461. The molecule has 0 saturated carbocycles. The molecule has 0 saturated heterocycles. The third kappa shape index (κ3) is 5.02. The summed E-state index contributed by atoms with van der Waals surface area (Å²) in [6.45, 7) is 4.60. The van der Waals surface area contributed by atoms with Crippen molar-refractivity contribution < 1.29 is 0 Å². The summed E-state index contributed by atoms with van der Waals surface area (Å²) in [5, 5.41) is 0. The third-order valence-corrected chi connectivity index (χ3v) is 5.23. The number of hydrogen-bond acceptors (Lipinski definition) is 2. The lowest BCUT2D eigenvalue weighted by atomic mass is 10.2. The summed E-state index contributed by atoms with van der Waals surface area (Å²) in [5.41, 5.74) is 0. The lowest BCUT2D eigenvalue weighted by Crippen LogP contribution is -2.13. The molecule has 0 bridgehead atoms. The first-order valence-electron chi connectivity index (χ1n) is 4.29. The van der Waals surface area contributed by atoms with E-state index < -0.39 is 0 Å². The van der Waals surface area contributed by atoms with Crippen LogP contribution in [0.25, 0.3) is 0 Å². The van der Waals surface area contributed by atoms with Crippen LogP contribution in [0.5, 0.6) is 0 Å². The van der Waals surface area contributed by atoms with Gasteiger partial charge in [0.2, 0.25) is 0 Å². The molecule has 0 heterocycles. The van der Waals surface area contributed by atoms with Gasteiger partial charge in [-0.15, -0.1) is 23.5 Å². The van der Waals surface area contributed by atoms with Crippen LogP contribution in [0, 0.1) is 0 Å². The number of hydrogen-bond donors (Lipinski definition) is 0. The fourth-order valence-corrected chi connectivity index (χ4v) is 2.35. The smallest absolute Gasteiger partial charge is 0.0577 e. The molecule has 0 rings (SSSR count). The Morgan fingerprint density at radius 2 is 1.64 bits per heavy atom. The van der Waals surface area contributed by atoms with E-state index in [4.69, 9.17) is 0 Å². The maximum absolute atomic E-state index is 2.35. The van der Waals surface area contributed by atoms with Gasteiger partial charge in [-0.25, -0.2) is 0 Å². The highest BCUT2D eigenvalue weighted by atomic mass is 32.2. The van der Waals surface area contributed by atoms with Gasteiger partial charge in [-0.05, 0) is 25.9 Å². The normalized spacial score (nSPS) is 12.0. The zero-order chi connectivity index (χ0) is 8.74. The van der Waals surface area contributed by atoms with Crippen molar-refractivity contribution in [3.63, 3.8) is 0 Å². The average molecular weight is 192 g/mol. The Morgan fingerprint density at radius 3 is 2.00 bits per heavy atom. The van der Waals surface area contributed by atoms with E-state index in [2.05, 4.69) is 26.4 Å². The van der Waals surface area contributed by atoms with E-state index in [0.717, 1.165) is 0 Å². The van der Waals surface area contributed by atoms with Gasteiger partial charge in [-0.2, -0.15) is 0 Å². The first kappa shape index (κ1) is 11.7. The molecule has 0 aromatic heterocycles. The van der Waals surface area contributed by atoms with Gasteiger partial charge < -0.3 is 0 Å². The molecule has 0 fully saturated rings.